The molecular formula is C20H15N7S. The standard InChI is InChI=1S/C20H15N7S/c1-11-8-12(2)27-19(24-11)14(9-21)18(26-27)16-17(23)15(10-22)28-20(16)25-13-6-4-3-5-7-13/h3-8,25H,23H2,1-2H3. The molecule has 0 aliphatic heterocycles. The van der Waals surface area contributed by atoms with E-state index in [0.29, 0.717) is 38.0 Å². The number of anilines is 3. The lowest BCUT2D eigenvalue weighted by Crippen LogP contribution is -1.97. The quantitative estimate of drug-likeness (QED) is 0.547. The number of nitrogens with zero attached hydrogens (tertiary/aromatic N) is 5. The number of hydrogen-bond acceptors (Lipinski definition) is 7. The first-order chi connectivity index (χ1) is 13.5. The summed E-state index contributed by atoms with van der Waals surface area (Å²) in [6.07, 6.45) is 0. The van der Waals surface area contributed by atoms with E-state index in [0.717, 1.165) is 17.1 Å². The maximum absolute atomic E-state index is 9.82. The summed E-state index contributed by atoms with van der Waals surface area (Å²) in [4.78, 5) is 4.85. The molecule has 3 heterocycles. The van der Waals surface area contributed by atoms with Crippen molar-refractivity contribution in [3.05, 3.63) is 58.2 Å². The van der Waals surface area contributed by atoms with Crippen molar-refractivity contribution in [1.29, 1.82) is 10.5 Å². The molecule has 8 heteroatoms. The zero-order valence-electron chi connectivity index (χ0n) is 15.2. The number of nitrogen functional groups attached to an aromatic ring is 1. The highest BCUT2D eigenvalue weighted by atomic mass is 32.1. The van der Waals surface area contributed by atoms with Crippen LogP contribution in [0.15, 0.2) is 36.4 Å². The summed E-state index contributed by atoms with van der Waals surface area (Å²) < 4.78 is 1.64. The van der Waals surface area contributed by atoms with Gasteiger partial charge in [0.25, 0.3) is 0 Å². The van der Waals surface area contributed by atoms with Crippen LogP contribution in [0.5, 0.6) is 0 Å². The van der Waals surface area contributed by atoms with E-state index in [1.165, 1.54) is 11.3 Å². The second-order valence-corrected chi connectivity index (χ2v) is 7.28. The molecule has 3 aromatic heterocycles. The molecular weight excluding hydrogens is 370 g/mol. The van der Waals surface area contributed by atoms with Crippen LogP contribution >= 0.6 is 11.3 Å². The molecule has 0 spiro atoms. The van der Waals surface area contributed by atoms with Gasteiger partial charge in [0.1, 0.15) is 33.3 Å². The summed E-state index contributed by atoms with van der Waals surface area (Å²) in [6, 6.07) is 15.8. The number of hydrogen-bond donors (Lipinski definition) is 2. The average molecular weight is 385 g/mol. The van der Waals surface area contributed by atoms with Crippen LogP contribution in [-0.4, -0.2) is 14.6 Å². The molecule has 136 valence electrons. The molecule has 28 heavy (non-hydrogen) atoms. The molecule has 4 rings (SSSR count). The Balaban J connectivity index is 2.00. The first-order valence-electron chi connectivity index (χ1n) is 8.45. The zero-order chi connectivity index (χ0) is 19.8. The van der Waals surface area contributed by atoms with Gasteiger partial charge in [-0.2, -0.15) is 15.6 Å². The van der Waals surface area contributed by atoms with E-state index < -0.39 is 0 Å². The van der Waals surface area contributed by atoms with Crippen molar-refractivity contribution in [3.63, 3.8) is 0 Å². The second kappa shape index (κ2) is 6.69. The van der Waals surface area contributed by atoms with E-state index in [1.54, 1.807) is 4.52 Å². The fourth-order valence-corrected chi connectivity index (χ4v) is 4.04. The Morgan fingerprint density at radius 1 is 1.14 bits per heavy atom. The SMILES string of the molecule is Cc1cc(C)n2nc(-c3c(Nc4ccccc4)sc(C#N)c3N)c(C#N)c2n1. The number of aromatic nitrogens is 3. The second-order valence-electron chi connectivity index (χ2n) is 6.26. The minimum Gasteiger partial charge on any atom is -0.396 e. The van der Waals surface area contributed by atoms with Crippen LogP contribution in [0.25, 0.3) is 16.9 Å². The molecule has 0 aliphatic carbocycles. The van der Waals surface area contributed by atoms with Crippen molar-refractivity contribution in [3.8, 4) is 23.4 Å². The van der Waals surface area contributed by atoms with Gasteiger partial charge >= 0.3 is 0 Å². The van der Waals surface area contributed by atoms with Gasteiger partial charge in [0, 0.05) is 17.1 Å². The fourth-order valence-electron chi connectivity index (χ4n) is 3.10. The van der Waals surface area contributed by atoms with Crippen LogP contribution in [0.1, 0.15) is 21.8 Å². The Morgan fingerprint density at radius 2 is 1.89 bits per heavy atom. The molecule has 0 unspecified atom stereocenters. The minimum atomic E-state index is 0.306. The number of aryl methyl sites for hydroxylation is 2. The van der Waals surface area contributed by atoms with E-state index in [9.17, 15) is 10.5 Å². The molecule has 1 aromatic carbocycles. The molecule has 4 aromatic rings. The summed E-state index contributed by atoms with van der Waals surface area (Å²) in [5, 5.41) is 27.9. The van der Waals surface area contributed by atoms with E-state index in [4.69, 9.17) is 5.73 Å². The van der Waals surface area contributed by atoms with Crippen LogP contribution in [-0.2, 0) is 0 Å². The predicted octanol–water partition coefficient (Wildman–Crippen LogP) is 4.14. The lowest BCUT2D eigenvalue weighted by atomic mass is 10.1. The van der Waals surface area contributed by atoms with Crippen molar-refractivity contribution >= 4 is 33.4 Å². The van der Waals surface area contributed by atoms with Crippen molar-refractivity contribution in [2.24, 2.45) is 0 Å². The third-order valence-electron chi connectivity index (χ3n) is 4.32. The molecule has 0 fully saturated rings. The lowest BCUT2D eigenvalue weighted by molar-refractivity contribution is 0.889. The third kappa shape index (κ3) is 2.73. The van der Waals surface area contributed by atoms with Crippen molar-refractivity contribution < 1.29 is 0 Å². The maximum atomic E-state index is 9.82. The highest BCUT2D eigenvalue weighted by Crippen LogP contribution is 2.45. The number of nitrogens with one attached hydrogen (secondary N) is 1. The van der Waals surface area contributed by atoms with Crippen molar-refractivity contribution in [2.75, 3.05) is 11.1 Å². The van der Waals surface area contributed by atoms with Gasteiger partial charge in [0.05, 0.1) is 11.3 Å². The Bertz CT molecular complexity index is 1290. The number of para-hydroxylation sites is 1. The van der Waals surface area contributed by atoms with E-state index in [-0.39, 0.29) is 0 Å². The van der Waals surface area contributed by atoms with Gasteiger partial charge in [0.15, 0.2) is 5.65 Å². The predicted molar refractivity (Wildman–Crippen MR) is 109 cm³/mol. The van der Waals surface area contributed by atoms with Gasteiger partial charge in [0.2, 0.25) is 0 Å². The van der Waals surface area contributed by atoms with Crippen LogP contribution in [0.4, 0.5) is 16.4 Å². The monoisotopic (exact) mass is 385 g/mol. The van der Waals surface area contributed by atoms with E-state index >= 15 is 0 Å². The number of rotatable bonds is 3. The highest BCUT2D eigenvalue weighted by Gasteiger charge is 2.25. The third-order valence-corrected chi connectivity index (χ3v) is 5.35. The molecule has 7 nitrogen and oxygen atoms in total. The number of benzene rings is 1. The summed E-state index contributed by atoms with van der Waals surface area (Å²) >= 11 is 1.24. The first-order valence-corrected chi connectivity index (χ1v) is 9.27. The topological polar surface area (TPSA) is 116 Å². The maximum Gasteiger partial charge on any atom is 0.174 e. The normalized spacial score (nSPS) is 10.6. The number of nitrogens with two attached hydrogens (primary N) is 1. The lowest BCUT2D eigenvalue weighted by Gasteiger charge is -2.06. The summed E-state index contributed by atoms with van der Waals surface area (Å²) in [6.45, 7) is 3.77. The molecule has 0 atom stereocenters. The number of fused-ring (bicyclic) bond motifs is 1. The Morgan fingerprint density at radius 3 is 2.57 bits per heavy atom. The fraction of sp³-hybridized carbons (Fsp3) is 0.100. The Kier molecular flexibility index (Phi) is 4.19. The molecule has 0 aliphatic rings. The van der Waals surface area contributed by atoms with Gasteiger partial charge in [-0.05, 0) is 32.0 Å². The van der Waals surface area contributed by atoms with Crippen LogP contribution in [0.2, 0.25) is 0 Å². The minimum absolute atomic E-state index is 0.306. The average Bonchev–Trinajstić information content (AvgIpc) is 3.19. The first kappa shape index (κ1) is 17.5. The molecule has 0 saturated heterocycles. The molecule has 0 amide bonds. The molecule has 0 radical (unpaired) electrons. The molecule has 3 N–H and O–H groups in total. The summed E-state index contributed by atoms with van der Waals surface area (Å²) in [7, 11) is 0. The number of thiophene rings is 1. The smallest absolute Gasteiger partial charge is 0.174 e. The van der Waals surface area contributed by atoms with Gasteiger partial charge in [-0.15, -0.1) is 11.3 Å². The van der Waals surface area contributed by atoms with Crippen molar-refractivity contribution in [2.45, 2.75) is 13.8 Å². The largest absolute Gasteiger partial charge is 0.396 e. The van der Waals surface area contributed by atoms with Crippen LogP contribution < -0.4 is 11.1 Å². The van der Waals surface area contributed by atoms with Gasteiger partial charge < -0.3 is 11.1 Å². The highest BCUT2D eigenvalue weighted by molar-refractivity contribution is 7.18. The van der Waals surface area contributed by atoms with Crippen LogP contribution in [0.3, 0.4) is 0 Å². The number of nitriles is 2. The van der Waals surface area contributed by atoms with Gasteiger partial charge in [-0.1, -0.05) is 18.2 Å². The van der Waals surface area contributed by atoms with E-state index in [2.05, 4.69) is 27.5 Å². The Labute approximate surface area is 165 Å². The summed E-state index contributed by atoms with van der Waals surface area (Å²) in [5.41, 5.74) is 10.9. The van der Waals surface area contributed by atoms with Gasteiger partial charge in [-0.3, -0.25) is 0 Å². The zero-order valence-corrected chi connectivity index (χ0v) is 16.0. The Hall–Kier alpha value is -3.88. The van der Waals surface area contributed by atoms with Gasteiger partial charge in [-0.25, -0.2) is 9.50 Å². The molecule has 0 saturated carbocycles. The van der Waals surface area contributed by atoms with Crippen molar-refractivity contribution in [1.82, 2.24) is 14.6 Å². The van der Waals surface area contributed by atoms with E-state index in [1.807, 2.05) is 50.2 Å². The molecule has 0 bridgehead atoms. The summed E-state index contributed by atoms with van der Waals surface area (Å²) in [5.74, 6) is 0. The van der Waals surface area contributed by atoms with Crippen LogP contribution in [0, 0.1) is 36.5 Å².